The third-order valence-electron chi connectivity index (χ3n) is 5.18. The molecule has 6 nitrogen and oxygen atoms in total. The number of hydrogen-bond acceptors (Lipinski definition) is 3. The predicted molar refractivity (Wildman–Crippen MR) is 107 cm³/mol. The maximum Gasteiger partial charge on any atom is 0.223 e. The highest BCUT2D eigenvalue weighted by molar-refractivity contribution is 6.30. The molecule has 0 unspecified atom stereocenters. The van der Waals surface area contributed by atoms with E-state index in [9.17, 15) is 4.79 Å². The van der Waals surface area contributed by atoms with Crippen LogP contribution >= 0.6 is 11.6 Å². The van der Waals surface area contributed by atoms with Gasteiger partial charge in [0.15, 0.2) is 5.96 Å². The number of anilines is 1. The number of piperazine rings is 1. The Kier molecular flexibility index (Phi) is 6.61. The third-order valence-corrected chi connectivity index (χ3v) is 5.43. The Morgan fingerprint density at radius 3 is 2.50 bits per heavy atom. The molecule has 1 aliphatic heterocycles. The van der Waals surface area contributed by atoms with Gasteiger partial charge < -0.3 is 20.9 Å². The highest BCUT2D eigenvalue weighted by atomic mass is 35.5. The van der Waals surface area contributed by atoms with E-state index < -0.39 is 0 Å². The summed E-state index contributed by atoms with van der Waals surface area (Å²) in [4.78, 5) is 20.7. The molecule has 1 saturated heterocycles. The van der Waals surface area contributed by atoms with Gasteiger partial charge in [-0.05, 0) is 43.5 Å². The topological polar surface area (TPSA) is 74.0 Å². The molecule has 1 aliphatic carbocycles. The lowest BCUT2D eigenvalue weighted by Crippen LogP contribution is -2.51. The first-order valence-corrected chi connectivity index (χ1v) is 9.84. The number of guanidine groups is 1. The molecule has 1 saturated carbocycles. The fourth-order valence-corrected chi connectivity index (χ4v) is 3.37. The van der Waals surface area contributed by atoms with E-state index in [4.69, 9.17) is 17.3 Å². The second-order valence-electron chi connectivity index (χ2n) is 6.96. The Hall–Kier alpha value is -1.95. The molecule has 1 amide bonds. The van der Waals surface area contributed by atoms with Crippen molar-refractivity contribution in [2.24, 2.45) is 16.6 Å². The van der Waals surface area contributed by atoms with Crippen molar-refractivity contribution in [2.75, 3.05) is 44.2 Å². The van der Waals surface area contributed by atoms with Crippen LogP contribution in [0.1, 0.15) is 25.7 Å². The molecule has 2 aliphatic rings. The average Bonchev–Trinajstić information content (AvgIpc) is 2.60. The van der Waals surface area contributed by atoms with E-state index in [0.717, 1.165) is 50.5 Å². The molecule has 0 spiro atoms. The summed E-state index contributed by atoms with van der Waals surface area (Å²) in [6.45, 7) is 4.86. The number of nitrogens with two attached hydrogens (primary N) is 1. The highest BCUT2D eigenvalue weighted by Crippen LogP contribution is 2.26. The number of carbonyl (C=O) groups excluding carboxylic acids is 1. The van der Waals surface area contributed by atoms with Gasteiger partial charge in [0.2, 0.25) is 5.91 Å². The molecule has 142 valence electrons. The van der Waals surface area contributed by atoms with Crippen molar-refractivity contribution in [2.45, 2.75) is 25.7 Å². The van der Waals surface area contributed by atoms with E-state index in [1.54, 1.807) is 0 Å². The van der Waals surface area contributed by atoms with E-state index in [1.165, 1.54) is 12.1 Å². The van der Waals surface area contributed by atoms with Crippen LogP contribution in [0.5, 0.6) is 0 Å². The Labute approximate surface area is 160 Å². The Balaban J connectivity index is 1.34. The van der Waals surface area contributed by atoms with Gasteiger partial charge in [0.05, 0.1) is 0 Å². The first-order valence-electron chi connectivity index (χ1n) is 9.46. The maximum atomic E-state index is 11.7. The van der Waals surface area contributed by atoms with Crippen LogP contribution in [0.15, 0.2) is 29.3 Å². The second-order valence-corrected chi connectivity index (χ2v) is 7.40. The lowest BCUT2D eigenvalue weighted by molar-refractivity contribution is -0.127. The summed E-state index contributed by atoms with van der Waals surface area (Å²) in [7, 11) is 0. The third kappa shape index (κ3) is 5.04. The number of carbonyl (C=O) groups is 1. The zero-order chi connectivity index (χ0) is 18.4. The summed E-state index contributed by atoms with van der Waals surface area (Å²) in [5, 5.41) is 3.74. The van der Waals surface area contributed by atoms with Crippen molar-refractivity contribution in [3.63, 3.8) is 0 Å². The second kappa shape index (κ2) is 9.12. The van der Waals surface area contributed by atoms with Gasteiger partial charge in [0, 0.05) is 55.9 Å². The lowest BCUT2D eigenvalue weighted by atomic mass is 9.85. The number of rotatable bonds is 6. The van der Waals surface area contributed by atoms with Gasteiger partial charge in [-0.25, -0.2) is 0 Å². The number of nitrogens with one attached hydrogen (secondary N) is 1. The molecule has 3 rings (SSSR count). The molecule has 1 heterocycles. The first kappa shape index (κ1) is 18.8. The van der Waals surface area contributed by atoms with E-state index >= 15 is 0 Å². The molecule has 0 atom stereocenters. The molecule has 26 heavy (non-hydrogen) atoms. The van der Waals surface area contributed by atoms with Crippen LogP contribution in [0, 0.1) is 5.92 Å². The summed E-state index contributed by atoms with van der Waals surface area (Å²) in [5.41, 5.74) is 7.31. The minimum absolute atomic E-state index is 0.200. The standard InChI is InChI=1S/C19H28ClN5O/c20-16-5-7-17(8-6-16)24-11-13-25(14-12-24)19(21)23-10-2-9-22-18(26)15-3-1-4-15/h5-8,15H,1-4,9-14H2,(H2,21,23)(H,22,26). The largest absolute Gasteiger partial charge is 0.370 e. The predicted octanol–water partition coefficient (Wildman–Crippen LogP) is 2.08. The molecule has 1 aromatic rings. The smallest absolute Gasteiger partial charge is 0.223 e. The molecule has 7 heteroatoms. The summed E-state index contributed by atoms with van der Waals surface area (Å²) >= 11 is 5.95. The number of halogens is 1. The summed E-state index contributed by atoms with van der Waals surface area (Å²) in [6, 6.07) is 7.94. The fraction of sp³-hybridized carbons (Fsp3) is 0.579. The molecule has 1 aromatic carbocycles. The molecule has 2 fully saturated rings. The lowest BCUT2D eigenvalue weighted by Gasteiger charge is -2.36. The van der Waals surface area contributed by atoms with Gasteiger partial charge in [0.1, 0.15) is 0 Å². The van der Waals surface area contributed by atoms with Gasteiger partial charge in [-0.15, -0.1) is 0 Å². The minimum atomic E-state index is 0.200. The van der Waals surface area contributed by atoms with E-state index in [-0.39, 0.29) is 11.8 Å². The van der Waals surface area contributed by atoms with Gasteiger partial charge in [-0.1, -0.05) is 18.0 Å². The van der Waals surface area contributed by atoms with Crippen molar-refractivity contribution in [1.29, 1.82) is 0 Å². The Morgan fingerprint density at radius 1 is 1.19 bits per heavy atom. The van der Waals surface area contributed by atoms with Crippen molar-refractivity contribution < 1.29 is 4.79 Å². The van der Waals surface area contributed by atoms with E-state index in [0.29, 0.717) is 19.0 Å². The van der Waals surface area contributed by atoms with Crippen LogP contribution in [0.4, 0.5) is 5.69 Å². The normalized spacial score (nSPS) is 18.6. The summed E-state index contributed by atoms with van der Waals surface area (Å²) in [5.74, 6) is 1.05. The number of nitrogens with zero attached hydrogens (tertiary/aromatic N) is 3. The Morgan fingerprint density at radius 2 is 1.88 bits per heavy atom. The Bertz CT molecular complexity index is 621. The summed E-state index contributed by atoms with van der Waals surface area (Å²) < 4.78 is 0. The maximum absolute atomic E-state index is 11.7. The van der Waals surface area contributed by atoms with Crippen LogP contribution < -0.4 is 16.0 Å². The highest BCUT2D eigenvalue weighted by Gasteiger charge is 2.24. The van der Waals surface area contributed by atoms with Crippen LogP contribution in [0.3, 0.4) is 0 Å². The number of hydrogen-bond donors (Lipinski definition) is 2. The average molecular weight is 378 g/mol. The van der Waals surface area contributed by atoms with Crippen molar-refractivity contribution in [3.05, 3.63) is 29.3 Å². The van der Waals surface area contributed by atoms with Crippen molar-refractivity contribution in [3.8, 4) is 0 Å². The van der Waals surface area contributed by atoms with Gasteiger partial charge >= 0.3 is 0 Å². The van der Waals surface area contributed by atoms with Gasteiger partial charge in [-0.3, -0.25) is 9.79 Å². The molecular weight excluding hydrogens is 350 g/mol. The van der Waals surface area contributed by atoms with E-state index in [1.807, 2.05) is 24.3 Å². The number of benzene rings is 1. The van der Waals surface area contributed by atoms with Crippen LogP contribution in [0.25, 0.3) is 0 Å². The molecule has 0 aromatic heterocycles. The van der Waals surface area contributed by atoms with Gasteiger partial charge in [-0.2, -0.15) is 0 Å². The molecule has 0 bridgehead atoms. The van der Waals surface area contributed by atoms with Crippen LogP contribution in [0.2, 0.25) is 5.02 Å². The van der Waals surface area contributed by atoms with Gasteiger partial charge in [0.25, 0.3) is 0 Å². The summed E-state index contributed by atoms with van der Waals surface area (Å²) in [6.07, 6.45) is 4.09. The monoisotopic (exact) mass is 377 g/mol. The first-order chi connectivity index (χ1) is 12.6. The number of amides is 1. The quantitative estimate of drug-likeness (QED) is 0.452. The molecule has 3 N–H and O–H groups in total. The zero-order valence-corrected chi connectivity index (χ0v) is 15.9. The molecule has 0 radical (unpaired) electrons. The molecular formula is C19H28ClN5O. The van der Waals surface area contributed by atoms with E-state index in [2.05, 4.69) is 20.1 Å². The zero-order valence-electron chi connectivity index (χ0n) is 15.2. The van der Waals surface area contributed by atoms with Crippen molar-refractivity contribution >= 4 is 29.2 Å². The van der Waals surface area contributed by atoms with Crippen molar-refractivity contribution in [1.82, 2.24) is 10.2 Å². The number of aliphatic imine (C=N–C) groups is 1. The fourth-order valence-electron chi connectivity index (χ4n) is 3.24. The van der Waals surface area contributed by atoms with Crippen LogP contribution in [-0.2, 0) is 4.79 Å². The van der Waals surface area contributed by atoms with Crippen LogP contribution in [-0.4, -0.2) is 56.0 Å². The SMILES string of the molecule is NC(=NCCCNC(=O)C1CCC1)N1CCN(c2ccc(Cl)cc2)CC1. The minimum Gasteiger partial charge on any atom is -0.370 e.